The van der Waals surface area contributed by atoms with Crippen LogP contribution in [0.5, 0.6) is 0 Å². The fraction of sp³-hybridized carbons (Fsp3) is 0.833. The molecular formula is C12H24N2O2. The Bertz CT molecular complexity index is 217. The number of unbranched alkanes of at least 4 members (excludes halogenated alkanes) is 2. The molecule has 0 aliphatic heterocycles. The highest BCUT2D eigenvalue weighted by Gasteiger charge is 2.12. The summed E-state index contributed by atoms with van der Waals surface area (Å²) in [4.78, 5) is 22.7. The Morgan fingerprint density at radius 2 is 1.81 bits per heavy atom. The van der Waals surface area contributed by atoms with Crippen molar-refractivity contribution in [2.45, 2.75) is 46.5 Å². The molecule has 2 amide bonds. The van der Waals surface area contributed by atoms with Crippen LogP contribution in [0.1, 0.15) is 46.5 Å². The van der Waals surface area contributed by atoms with Crippen molar-refractivity contribution < 1.29 is 9.59 Å². The molecule has 0 bridgehead atoms. The molecule has 4 nitrogen and oxygen atoms in total. The molecule has 4 heteroatoms. The smallest absolute Gasteiger partial charge is 0.239 e. The highest BCUT2D eigenvalue weighted by Crippen LogP contribution is 2.08. The summed E-state index contributed by atoms with van der Waals surface area (Å²) in [6.45, 7) is 6.58. The number of amides is 2. The average molecular weight is 228 g/mol. The molecule has 0 aromatic heterocycles. The van der Waals surface area contributed by atoms with E-state index in [4.69, 9.17) is 0 Å². The van der Waals surface area contributed by atoms with Crippen LogP contribution in [0.4, 0.5) is 0 Å². The molecule has 0 rings (SSSR count). The molecule has 0 spiro atoms. The lowest BCUT2D eigenvalue weighted by atomic mass is 10.0. The Labute approximate surface area is 98.2 Å². The number of carbonyl (C=O) groups is 2. The van der Waals surface area contributed by atoms with Crippen molar-refractivity contribution in [3.63, 3.8) is 0 Å². The summed E-state index contributed by atoms with van der Waals surface area (Å²) in [5.41, 5.74) is 0. The predicted octanol–water partition coefficient (Wildman–Crippen LogP) is 1.46. The summed E-state index contributed by atoms with van der Waals surface area (Å²) < 4.78 is 0. The van der Waals surface area contributed by atoms with Gasteiger partial charge in [0.15, 0.2) is 0 Å². The molecule has 0 saturated carbocycles. The third kappa shape index (κ3) is 7.26. The van der Waals surface area contributed by atoms with Gasteiger partial charge in [-0.05, 0) is 13.3 Å². The third-order valence-corrected chi connectivity index (χ3v) is 2.49. The minimum atomic E-state index is -0.128. The molecule has 1 atom stereocenters. The van der Waals surface area contributed by atoms with E-state index in [9.17, 15) is 9.59 Å². The number of carbonyl (C=O) groups excluding carboxylic acids is 2. The zero-order valence-electron chi connectivity index (χ0n) is 10.6. The van der Waals surface area contributed by atoms with Gasteiger partial charge in [0.2, 0.25) is 11.8 Å². The summed E-state index contributed by atoms with van der Waals surface area (Å²) in [6, 6.07) is 0. The van der Waals surface area contributed by atoms with Crippen LogP contribution in [0.15, 0.2) is 0 Å². The van der Waals surface area contributed by atoms with Gasteiger partial charge < -0.3 is 10.6 Å². The third-order valence-electron chi connectivity index (χ3n) is 2.49. The quantitative estimate of drug-likeness (QED) is 0.618. The zero-order chi connectivity index (χ0) is 12.4. The number of likely N-dealkylation sites (N-methyl/N-ethyl adjacent to an activating group) is 1. The van der Waals surface area contributed by atoms with E-state index in [1.54, 1.807) is 0 Å². The van der Waals surface area contributed by atoms with Crippen LogP contribution < -0.4 is 10.6 Å². The Kier molecular flexibility index (Phi) is 8.58. The maximum Gasteiger partial charge on any atom is 0.239 e. The summed E-state index contributed by atoms with van der Waals surface area (Å²) in [7, 11) is 0. The van der Waals surface area contributed by atoms with Crippen molar-refractivity contribution in [3.05, 3.63) is 0 Å². The Hall–Kier alpha value is -1.06. The SMILES string of the molecule is CCCCCC(C)C(=O)NCC(=O)NCC. The van der Waals surface area contributed by atoms with Crippen molar-refractivity contribution in [3.8, 4) is 0 Å². The first-order valence-electron chi connectivity index (χ1n) is 6.16. The number of hydrogen-bond acceptors (Lipinski definition) is 2. The molecule has 0 aliphatic carbocycles. The van der Waals surface area contributed by atoms with Gasteiger partial charge in [-0.15, -0.1) is 0 Å². The van der Waals surface area contributed by atoms with Crippen LogP contribution in [0.3, 0.4) is 0 Å². The topological polar surface area (TPSA) is 58.2 Å². The lowest BCUT2D eigenvalue weighted by Gasteiger charge is -2.11. The summed E-state index contributed by atoms with van der Waals surface area (Å²) in [5, 5.41) is 5.28. The summed E-state index contributed by atoms with van der Waals surface area (Å²) in [6.07, 6.45) is 4.29. The van der Waals surface area contributed by atoms with E-state index in [0.717, 1.165) is 25.7 Å². The number of rotatable bonds is 8. The molecule has 0 saturated heterocycles. The van der Waals surface area contributed by atoms with Crippen LogP contribution in [0.25, 0.3) is 0 Å². The highest BCUT2D eigenvalue weighted by atomic mass is 16.2. The standard InChI is InChI=1S/C12H24N2O2/c1-4-6-7-8-10(3)12(16)14-9-11(15)13-5-2/h10H,4-9H2,1-3H3,(H,13,15)(H,14,16). The molecule has 0 aromatic carbocycles. The van der Waals surface area contributed by atoms with Crippen LogP contribution in [-0.2, 0) is 9.59 Å². The van der Waals surface area contributed by atoms with Gasteiger partial charge in [-0.25, -0.2) is 0 Å². The first-order chi connectivity index (χ1) is 7.61. The molecule has 1 unspecified atom stereocenters. The van der Waals surface area contributed by atoms with E-state index in [-0.39, 0.29) is 24.3 Å². The minimum Gasteiger partial charge on any atom is -0.355 e. The largest absolute Gasteiger partial charge is 0.355 e. The van der Waals surface area contributed by atoms with Crippen molar-refractivity contribution in [1.29, 1.82) is 0 Å². The molecule has 0 aromatic rings. The van der Waals surface area contributed by atoms with E-state index in [1.807, 2.05) is 13.8 Å². The maximum absolute atomic E-state index is 11.6. The van der Waals surface area contributed by atoms with Crippen molar-refractivity contribution in [2.75, 3.05) is 13.1 Å². The van der Waals surface area contributed by atoms with Crippen LogP contribution >= 0.6 is 0 Å². The van der Waals surface area contributed by atoms with E-state index < -0.39 is 0 Å². The van der Waals surface area contributed by atoms with E-state index in [2.05, 4.69) is 17.6 Å². The second-order valence-electron chi connectivity index (χ2n) is 4.07. The Morgan fingerprint density at radius 1 is 1.12 bits per heavy atom. The molecule has 94 valence electrons. The number of nitrogens with one attached hydrogen (secondary N) is 2. The van der Waals surface area contributed by atoms with E-state index in [0.29, 0.717) is 6.54 Å². The fourth-order valence-electron chi connectivity index (χ4n) is 1.43. The predicted molar refractivity (Wildman–Crippen MR) is 65.0 cm³/mol. The van der Waals surface area contributed by atoms with Gasteiger partial charge in [0.25, 0.3) is 0 Å². The Morgan fingerprint density at radius 3 is 2.38 bits per heavy atom. The van der Waals surface area contributed by atoms with Crippen molar-refractivity contribution in [2.24, 2.45) is 5.92 Å². The number of hydrogen-bond donors (Lipinski definition) is 2. The second kappa shape index (κ2) is 9.19. The first-order valence-corrected chi connectivity index (χ1v) is 6.16. The van der Waals surface area contributed by atoms with Gasteiger partial charge in [0, 0.05) is 12.5 Å². The summed E-state index contributed by atoms with van der Waals surface area (Å²) >= 11 is 0. The van der Waals surface area contributed by atoms with Gasteiger partial charge in [0.05, 0.1) is 6.54 Å². The van der Waals surface area contributed by atoms with Gasteiger partial charge in [-0.1, -0.05) is 33.1 Å². The zero-order valence-corrected chi connectivity index (χ0v) is 10.6. The normalized spacial score (nSPS) is 11.9. The van der Waals surface area contributed by atoms with E-state index >= 15 is 0 Å². The molecule has 0 fully saturated rings. The van der Waals surface area contributed by atoms with Crippen LogP contribution in [-0.4, -0.2) is 24.9 Å². The first kappa shape index (κ1) is 14.9. The molecule has 2 N–H and O–H groups in total. The van der Waals surface area contributed by atoms with Gasteiger partial charge in [-0.3, -0.25) is 9.59 Å². The molecular weight excluding hydrogens is 204 g/mol. The second-order valence-corrected chi connectivity index (χ2v) is 4.07. The van der Waals surface area contributed by atoms with Crippen LogP contribution in [0, 0.1) is 5.92 Å². The summed E-state index contributed by atoms with van der Waals surface area (Å²) in [5.74, 6) is -0.153. The maximum atomic E-state index is 11.6. The monoisotopic (exact) mass is 228 g/mol. The van der Waals surface area contributed by atoms with Crippen molar-refractivity contribution >= 4 is 11.8 Å². The molecule has 16 heavy (non-hydrogen) atoms. The van der Waals surface area contributed by atoms with Gasteiger partial charge in [0.1, 0.15) is 0 Å². The molecule has 0 heterocycles. The van der Waals surface area contributed by atoms with Crippen LogP contribution in [0.2, 0.25) is 0 Å². The van der Waals surface area contributed by atoms with Gasteiger partial charge in [-0.2, -0.15) is 0 Å². The highest BCUT2D eigenvalue weighted by molar-refractivity contribution is 5.85. The lowest BCUT2D eigenvalue weighted by molar-refractivity contribution is -0.128. The lowest BCUT2D eigenvalue weighted by Crippen LogP contribution is -2.38. The minimum absolute atomic E-state index is 0.000904. The average Bonchev–Trinajstić information content (AvgIpc) is 2.26. The van der Waals surface area contributed by atoms with E-state index in [1.165, 1.54) is 0 Å². The Balaban J connectivity index is 3.66. The van der Waals surface area contributed by atoms with Crippen molar-refractivity contribution in [1.82, 2.24) is 10.6 Å². The molecule has 0 aliphatic rings. The van der Waals surface area contributed by atoms with Gasteiger partial charge >= 0.3 is 0 Å². The molecule has 0 radical (unpaired) electrons. The fourth-order valence-corrected chi connectivity index (χ4v) is 1.43.